The number of carbonyl (C=O) groups excluding carboxylic acids is 6. The number of aromatic nitrogens is 4. The summed E-state index contributed by atoms with van der Waals surface area (Å²) in [6.07, 6.45) is -1.87. The smallest absolute Gasteiger partial charge is 0.407 e. The molecular weight excluding hydrogens is 1130 g/mol. The number of nitrogens with zero attached hydrogens (tertiary/aromatic N) is 5. The van der Waals surface area contributed by atoms with Crippen LogP contribution in [0.1, 0.15) is 66.3 Å². The number of esters is 2. The summed E-state index contributed by atoms with van der Waals surface area (Å²) in [6.45, 7) is 1.44. The van der Waals surface area contributed by atoms with Crippen LogP contribution >= 0.6 is 0 Å². The number of halogens is 4. The Bertz CT molecular complexity index is 3760. The highest BCUT2D eigenvalue weighted by Gasteiger charge is 2.30. The molecule has 2 heterocycles. The van der Waals surface area contributed by atoms with Crippen LogP contribution in [0.3, 0.4) is 0 Å². The van der Waals surface area contributed by atoms with Crippen LogP contribution in [0.4, 0.5) is 22.4 Å². The molecule has 3 N–H and O–H groups in total. The van der Waals surface area contributed by atoms with Crippen LogP contribution in [0.15, 0.2) is 122 Å². The molecule has 0 radical (unpaired) electrons. The number of alkyl carbamates (subject to hydrolysis) is 1. The van der Waals surface area contributed by atoms with Crippen molar-refractivity contribution in [1.82, 2.24) is 39.1 Å². The highest BCUT2D eigenvalue weighted by Crippen LogP contribution is 2.25. The van der Waals surface area contributed by atoms with Crippen LogP contribution in [-0.2, 0) is 89.3 Å². The van der Waals surface area contributed by atoms with Gasteiger partial charge in [0.2, 0.25) is 5.91 Å². The first kappa shape index (κ1) is 63.4. The molecule has 450 valence electrons. The first-order valence-electron chi connectivity index (χ1n) is 26.5. The van der Waals surface area contributed by atoms with Gasteiger partial charge in [0.1, 0.15) is 53.1 Å². The summed E-state index contributed by atoms with van der Waals surface area (Å²) in [5.41, 5.74) is -1.22. The van der Waals surface area contributed by atoms with Gasteiger partial charge >= 0.3 is 29.4 Å². The Morgan fingerprint density at radius 1 is 0.523 bits per heavy atom. The average molecular weight is 1190 g/mol. The second-order valence-corrected chi connectivity index (χ2v) is 20.1. The van der Waals surface area contributed by atoms with Crippen LogP contribution in [0.2, 0.25) is 0 Å². The SMILES string of the molecule is COC(=O)[C@H](Cc1ccc(-c2c(C)n(C)c(=O)n(C)c2=O)cc1)NC(=O)c1c(F)cc(CN(Cc2cc(F)c(C(=O)N[C@@H](Cc3ccc(-c4c(C)n(C)c(=O)n(C)c4=O)cc3)C(=O)OC)c(F)c2)C(=O)CCNC(=O)OCc2ccccc2)cc1F. The van der Waals surface area contributed by atoms with Gasteiger partial charge < -0.3 is 44.2 Å². The molecule has 0 aliphatic heterocycles. The number of ether oxygens (including phenoxy) is 3. The molecule has 0 saturated heterocycles. The topological polar surface area (TPSA) is 257 Å². The number of amides is 4. The number of methoxy groups -OCH3 is 2. The van der Waals surface area contributed by atoms with E-state index in [9.17, 15) is 47.9 Å². The van der Waals surface area contributed by atoms with E-state index < -0.39 is 124 Å². The maximum atomic E-state index is 16.1. The van der Waals surface area contributed by atoms with E-state index >= 15 is 17.6 Å². The molecule has 0 saturated carbocycles. The van der Waals surface area contributed by atoms with Gasteiger partial charge in [0.05, 0.1) is 25.3 Å². The molecule has 21 nitrogen and oxygen atoms in total. The molecule has 86 heavy (non-hydrogen) atoms. The molecule has 0 spiro atoms. The van der Waals surface area contributed by atoms with Crippen molar-refractivity contribution in [1.29, 1.82) is 0 Å². The summed E-state index contributed by atoms with van der Waals surface area (Å²) in [5.74, 6) is -11.3. The second kappa shape index (κ2) is 27.5. The Morgan fingerprint density at radius 2 is 0.907 bits per heavy atom. The summed E-state index contributed by atoms with van der Waals surface area (Å²) in [6, 6.07) is 21.0. The molecule has 7 aromatic rings. The Morgan fingerprint density at radius 3 is 1.28 bits per heavy atom. The highest BCUT2D eigenvalue weighted by molar-refractivity contribution is 5.98. The molecule has 2 atom stereocenters. The van der Waals surface area contributed by atoms with Gasteiger partial charge in [-0.15, -0.1) is 0 Å². The van der Waals surface area contributed by atoms with Gasteiger partial charge in [-0.25, -0.2) is 41.5 Å². The maximum Gasteiger partial charge on any atom is 0.407 e. The van der Waals surface area contributed by atoms with Gasteiger partial charge in [0.25, 0.3) is 22.9 Å². The minimum absolute atomic E-state index is 0.104. The minimum atomic E-state index is -1.50. The lowest BCUT2D eigenvalue weighted by Gasteiger charge is -2.24. The summed E-state index contributed by atoms with van der Waals surface area (Å²) in [4.78, 5) is 132. The van der Waals surface area contributed by atoms with E-state index in [1.165, 1.54) is 37.3 Å². The Kier molecular flexibility index (Phi) is 20.2. The standard InChI is InChI=1S/C61H60F4N8O13/c1-33-49(55(77)71(5)60(82)69(33)3)40-18-14-35(15-19-40)28-46(57(79)84-7)67-53(75)51-42(62)24-38(25-43(51)63)30-73(48(74)22-23-66-59(81)86-32-37-12-10-9-11-13-37)31-39-26-44(64)52(45(65)27-39)54(76)68-47(58(80)85-8)29-36-16-20-41(21-17-36)50-34(2)70(4)61(83)72(6)56(50)78/h9-21,24-27,46-47H,22-23,28-32H2,1-8H3,(H,66,81)(H,67,75)(H,68,76)/t46-,47-/m0/s1. The highest BCUT2D eigenvalue weighted by atomic mass is 19.1. The fourth-order valence-corrected chi connectivity index (χ4v) is 9.52. The normalized spacial score (nSPS) is 11.7. The van der Waals surface area contributed by atoms with Crippen LogP contribution in [0, 0.1) is 37.1 Å². The van der Waals surface area contributed by atoms with Crippen LogP contribution < -0.4 is 38.4 Å². The Hall–Kier alpha value is -10.2. The van der Waals surface area contributed by atoms with Gasteiger partial charge in [-0.05, 0) is 77.1 Å². The predicted molar refractivity (Wildman–Crippen MR) is 304 cm³/mol. The summed E-state index contributed by atoms with van der Waals surface area (Å²) in [5, 5.41) is 7.01. The molecule has 2 aromatic heterocycles. The third-order valence-electron chi connectivity index (χ3n) is 14.4. The van der Waals surface area contributed by atoms with Crippen LogP contribution in [-0.4, -0.2) is 91.8 Å². The first-order chi connectivity index (χ1) is 40.8. The van der Waals surface area contributed by atoms with Gasteiger partial charge in [0.15, 0.2) is 0 Å². The summed E-state index contributed by atoms with van der Waals surface area (Å²) in [7, 11) is 7.77. The number of benzene rings is 5. The minimum Gasteiger partial charge on any atom is -0.467 e. The quantitative estimate of drug-likeness (QED) is 0.0494. The summed E-state index contributed by atoms with van der Waals surface area (Å²) >= 11 is 0. The van der Waals surface area contributed by atoms with Gasteiger partial charge in [-0.2, -0.15) is 0 Å². The molecular formula is C61H60F4N8O13. The largest absolute Gasteiger partial charge is 0.467 e. The van der Waals surface area contributed by atoms with E-state index in [4.69, 9.17) is 14.2 Å². The Labute approximate surface area is 488 Å². The van der Waals surface area contributed by atoms with Crippen molar-refractivity contribution in [3.8, 4) is 22.3 Å². The zero-order valence-electron chi connectivity index (χ0n) is 48.0. The second-order valence-electron chi connectivity index (χ2n) is 20.1. The molecule has 0 aliphatic rings. The van der Waals surface area contributed by atoms with E-state index in [1.807, 2.05) is 0 Å². The zero-order valence-corrected chi connectivity index (χ0v) is 48.0. The number of hydrogen-bond acceptors (Lipinski definition) is 13. The first-order valence-corrected chi connectivity index (χ1v) is 26.5. The van der Waals surface area contributed by atoms with Crippen molar-refractivity contribution in [2.75, 3.05) is 20.8 Å². The summed E-state index contributed by atoms with van der Waals surface area (Å²) < 4.78 is 83.8. The van der Waals surface area contributed by atoms with Crippen molar-refractivity contribution in [2.45, 2.75) is 64.9 Å². The van der Waals surface area contributed by atoms with Crippen molar-refractivity contribution in [2.24, 2.45) is 28.2 Å². The van der Waals surface area contributed by atoms with Crippen LogP contribution in [0.5, 0.6) is 0 Å². The number of carbonyl (C=O) groups is 6. The lowest BCUT2D eigenvalue weighted by Crippen LogP contribution is -2.43. The molecule has 0 bridgehead atoms. The number of rotatable bonds is 21. The third-order valence-corrected chi connectivity index (χ3v) is 14.4. The lowest BCUT2D eigenvalue weighted by atomic mass is 10.00. The average Bonchev–Trinajstić information content (AvgIpc) is 2.57. The van der Waals surface area contributed by atoms with Gasteiger partial charge in [-0.3, -0.25) is 33.1 Å². The van der Waals surface area contributed by atoms with E-state index in [-0.39, 0.29) is 48.2 Å². The van der Waals surface area contributed by atoms with E-state index in [0.29, 0.717) is 39.2 Å². The fraction of sp³-hybridized carbons (Fsp3) is 0.279. The molecule has 4 amide bonds. The maximum absolute atomic E-state index is 16.1. The van der Waals surface area contributed by atoms with Crippen molar-refractivity contribution < 1.29 is 60.5 Å². The number of nitrogens with one attached hydrogen (secondary N) is 3. The van der Waals surface area contributed by atoms with E-state index in [0.717, 1.165) is 52.5 Å². The predicted octanol–water partition coefficient (Wildman–Crippen LogP) is 4.86. The zero-order chi connectivity index (χ0) is 62.8. The van der Waals surface area contributed by atoms with E-state index in [1.54, 1.807) is 92.7 Å². The van der Waals surface area contributed by atoms with Gasteiger partial charge in [0, 0.05) is 78.5 Å². The molecule has 5 aromatic carbocycles. The van der Waals surface area contributed by atoms with Crippen LogP contribution in [0.25, 0.3) is 22.3 Å². The molecule has 0 aliphatic carbocycles. The van der Waals surface area contributed by atoms with Crippen molar-refractivity contribution in [3.63, 3.8) is 0 Å². The molecule has 7 rings (SSSR count). The fourth-order valence-electron chi connectivity index (χ4n) is 9.52. The lowest BCUT2D eigenvalue weighted by molar-refractivity contribution is -0.143. The van der Waals surface area contributed by atoms with Crippen molar-refractivity contribution in [3.05, 3.63) is 218 Å². The molecule has 0 unspecified atom stereocenters. The number of hydrogen-bond donors (Lipinski definition) is 3. The van der Waals surface area contributed by atoms with Crippen molar-refractivity contribution >= 4 is 35.8 Å². The van der Waals surface area contributed by atoms with Gasteiger partial charge in [-0.1, -0.05) is 78.9 Å². The molecule has 0 fully saturated rings. The molecule has 25 heteroatoms. The van der Waals surface area contributed by atoms with E-state index in [2.05, 4.69) is 16.0 Å². The third kappa shape index (κ3) is 14.4. The Balaban J connectivity index is 1.09. The monoisotopic (exact) mass is 1190 g/mol.